The van der Waals surface area contributed by atoms with Crippen LogP contribution in [0, 0.1) is 10.8 Å². The minimum atomic E-state index is -4.23. The summed E-state index contributed by atoms with van der Waals surface area (Å²) < 4.78 is 33.1. The maximum absolute atomic E-state index is 13.6. The Morgan fingerprint density at radius 1 is 1.03 bits per heavy atom. The molecule has 1 atom stereocenters. The molecule has 0 aromatic heterocycles. The number of rotatable bonds is 14. The van der Waals surface area contributed by atoms with Gasteiger partial charge in [0.15, 0.2) is 12.4 Å². The van der Waals surface area contributed by atoms with Gasteiger partial charge in [-0.15, -0.1) is 0 Å². The van der Waals surface area contributed by atoms with Gasteiger partial charge in [-0.1, -0.05) is 77.7 Å². The van der Waals surface area contributed by atoms with Crippen LogP contribution in [0.25, 0.3) is 0 Å². The molecule has 0 saturated heterocycles. The van der Waals surface area contributed by atoms with E-state index < -0.39 is 37.0 Å². The van der Waals surface area contributed by atoms with Crippen molar-refractivity contribution in [1.82, 2.24) is 0 Å². The van der Waals surface area contributed by atoms with Crippen molar-refractivity contribution in [1.29, 1.82) is 0 Å². The van der Waals surface area contributed by atoms with E-state index in [9.17, 15) is 9.36 Å². The topological polar surface area (TPSA) is 71.1 Å². The van der Waals surface area contributed by atoms with Gasteiger partial charge in [0.1, 0.15) is 0 Å². The summed E-state index contributed by atoms with van der Waals surface area (Å²) in [6.45, 7) is 10.6. The number of carbonyl (C=O) groups is 1. The molecule has 0 saturated carbocycles. The molecule has 0 rings (SSSR count). The summed E-state index contributed by atoms with van der Waals surface area (Å²) in [5.41, 5.74) is -2.15. The largest absolute Gasteiger partial charge is 0.479 e. The van der Waals surface area contributed by atoms with Crippen LogP contribution in [0.15, 0.2) is 12.7 Å². The third-order valence-corrected chi connectivity index (χ3v) is 14.2. The molecule has 0 radical (unpaired) electrons. The molecule has 1 unspecified atom stereocenters. The first-order chi connectivity index (χ1) is 13.4. The summed E-state index contributed by atoms with van der Waals surface area (Å²) >= 11 is 26.5. The molecule has 6 nitrogen and oxygen atoms in total. The molecule has 0 heterocycles. The van der Waals surface area contributed by atoms with E-state index in [1.165, 1.54) is 0 Å². The molecule has 14 heteroatoms. The molecule has 0 aromatic rings. The fraction of sp³-hybridized carbons (Fsp3) is 0.812. The van der Waals surface area contributed by atoms with Gasteiger partial charge in [0.2, 0.25) is 0 Å². The zero-order chi connectivity index (χ0) is 24.0. The number of hydrogen-bond donors (Lipinski definition) is 0. The summed E-state index contributed by atoms with van der Waals surface area (Å²) in [4.78, 5) is 11.2. The van der Waals surface area contributed by atoms with Crippen molar-refractivity contribution in [3.63, 3.8) is 0 Å². The van der Waals surface area contributed by atoms with Gasteiger partial charge < -0.3 is 4.74 Å². The van der Waals surface area contributed by atoms with Gasteiger partial charge in [-0.25, -0.2) is 9.36 Å². The second-order valence-corrected chi connectivity index (χ2v) is 17.1. The molecule has 0 amide bonds. The average Bonchev–Trinajstić information content (AvgIpc) is 2.59. The van der Waals surface area contributed by atoms with Crippen molar-refractivity contribution >= 4 is 121 Å². The van der Waals surface area contributed by atoms with Crippen LogP contribution < -0.4 is 0 Å². The number of phosphoric ester groups is 1. The highest BCUT2D eigenvalue weighted by atomic mass is 79.9. The lowest BCUT2D eigenvalue weighted by molar-refractivity contribution is -0.139. The number of halogens is 7. The lowest BCUT2D eigenvalue weighted by atomic mass is 9.98. The van der Waals surface area contributed by atoms with Crippen LogP contribution in [0.4, 0.5) is 0 Å². The van der Waals surface area contributed by atoms with Crippen LogP contribution in [0.2, 0.25) is 0 Å². The zero-order valence-electron chi connectivity index (χ0n) is 16.7. The van der Waals surface area contributed by atoms with Crippen molar-refractivity contribution in [2.75, 3.05) is 17.3 Å². The Hall–Kier alpha value is 2.49. The Morgan fingerprint density at radius 3 is 1.77 bits per heavy atom. The number of esters is 1. The number of carbonyl (C=O) groups excluding carboxylic acids is 1. The van der Waals surface area contributed by atoms with E-state index in [0.717, 1.165) is 6.08 Å². The quantitative estimate of drug-likeness (QED) is 0.0756. The lowest BCUT2D eigenvalue weighted by Crippen LogP contribution is -2.40. The maximum atomic E-state index is 13.6. The summed E-state index contributed by atoms with van der Waals surface area (Å²) in [7, 11) is -4.23. The van der Waals surface area contributed by atoms with E-state index in [0.29, 0.717) is 10.7 Å². The molecule has 30 heavy (non-hydrogen) atoms. The number of ether oxygens (including phenoxy) is 1. The van der Waals surface area contributed by atoms with E-state index in [4.69, 9.17) is 29.9 Å². The molecule has 178 valence electrons. The Labute approximate surface area is 233 Å². The molecule has 0 aromatic carbocycles. The monoisotopic (exact) mass is 852 g/mol. The van der Waals surface area contributed by atoms with Crippen LogP contribution in [0.1, 0.15) is 34.1 Å². The van der Waals surface area contributed by atoms with Crippen molar-refractivity contribution in [2.45, 2.75) is 46.5 Å². The number of phosphoric acid groups is 1. The van der Waals surface area contributed by atoms with E-state index in [-0.39, 0.29) is 13.0 Å². The second-order valence-electron chi connectivity index (χ2n) is 7.37. The van der Waals surface area contributed by atoms with Crippen LogP contribution >= 0.6 is 115 Å². The normalized spacial score (nSPS) is 15.0. The van der Waals surface area contributed by atoms with Crippen molar-refractivity contribution in [2.24, 2.45) is 10.8 Å². The SMILES string of the molecule is C=CC(=O)OC(Cl)CCOP(=O)(OC(Br)(Br)C(C)(C)CBr)OC(Br)(Br)C(C)(C)CBr. The highest BCUT2D eigenvalue weighted by Gasteiger charge is 2.53. The molecular formula is C16H24Br6ClO6P. The zero-order valence-corrected chi connectivity index (χ0v) is 27.9. The summed E-state index contributed by atoms with van der Waals surface area (Å²) in [5.74, 6) is -0.677. The van der Waals surface area contributed by atoms with Crippen molar-refractivity contribution < 1.29 is 27.7 Å². The van der Waals surface area contributed by atoms with Crippen LogP contribution in [0.3, 0.4) is 0 Å². The number of hydrogen-bond acceptors (Lipinski definition) is 6. The Kier molecular flexibility index (Phi) is 14.1. The van der Waals surface area contributed by atoms with Gasteiger partial charge >= 0.3 is 13.8 Å². The molecule has 0 bridgehead atoms. The predicted molar refractivity (Wildman–Crippen MR) is 143 cm³/mol. The summed E-state index contributed by atoms with van der Waals surface area (Å²) in [6.07, 6.45) is 1.03. The van der Waals surface area contributed by atoms with E-state index in [1.807, 2.05) is 27.7 Å². The first-order valence-corrected chi connectivity index (χ1v) is 15.7. The molecule has 0 fully saturated rings. The maximum Gasteiger partial charge on any atom is 0.479 e. The van der Waals surface area contributed by atoms with Gasteiger partial charge in [-0.3, -0.25) is 13.6 Å². The fourth-order valence-corrected chi connectivity index (χ4v) is 7.93. The Bertz CT molecular complexity index is 612. The van der Waals surface area contributed by atoms with Crippen molar-refractivity contribution in [3.05, 3.63) is 12.7 Å². The van der Waals surface area contributed by atoms with E-state index in [1.54, 1.807) is 0 Å². The summed E-state index contributed by atoms with van der Waals surface area (Å²) in [6, 6.07) is 0. The van der Waals surface area contributed by atoms with Crippen LogP contribution in [-0.4, -0.2) is 35.6 Å². The third-order valence-electron chi connectivity index (χ3n) is 3.70. The average molecular weight is 858 g/mol. The van der Waals surface area contributed by atoms with Gasteiger partial charge in [0.05, 0.1) is 6.61 Å². The molecular weight excluding hydrogens is 834 g/mol. The first kappa shape index (κ1) is 32.5. The fourth-order valence-electron chi connectivity index (χ4n) is 1.25. The molecule has 0 aliphatic rings. The third kappa shape index (κ3) is 10.0. The first-order valence-electron chi connectivity index (χ1n) is 8.39. The standard InChI is InChI=1S/C16H24Br6ClO6P/c1-6-12(24)27-11(23)7-8-26-30(25,28-15(19,20)13(2,3)9-17)29-16(21,22)14(4,5)10-18/h6,11H,1,7-10H2,2-5H3. The predicted octanol–water partition coefficient (Wildman–Crippen LogP) is 8.56. The van der Waals surface area contributed by atoms with Gasteiger partial charge in [0.25, 0.3) is 0 Å². The molecule has 0 aliphatic carbocycles. The smallest absolute Gasteiger partial charge is 0.443 e. The number of alkyl halides is 7. The van der Waals surface area contributed by atoms with Crippen LogP contribution in [0.5, 0.6) is 0 Å². The Morgan fingerprint density at radius 2 is 1.43 bits per heavy atom. The van der Waals surface area contributed by atoms with E-state index in [2.05, 4.69) is 102 Å². The second kappa shape index (κ2) is 13.0. The molecule has 0 N–H and O–H groups in total. The van der Waals surface area contributed by atoms with E-state index >= 15 is 0 Å². The lowest BCUT2D eigenvalue weighted by Gasteiger charge is -2.41. The highest BCUT2D eigenvalue weighted by Crippen LogP contribution is 2.65. The Balaban J connectivity index is 5.63. The minimum Gasteiger partial charge on any atom is -0.443 e. The van der Waals surface area contributed by atoms with Gasteiger partial charge in [-0.05, 0) is 63.7 Å². The molecule has 0 aliphatic heterocycles. The van der Waals surface area contributed by atoms with Crippen molar-refractivity contribution in [3.8, 4) is 0 Å². The van der Waals surface area contributed by atoms with Gasteiger partial charge in [-0.2, -0.15) is 0 Å². The van der Waals surface area contributed by atoms with Gasteiger partial charge in [0, 0.05) is 34.0 Å². The molecule has 0 spiro atoms. The highest BCUT2D eigenvalue weighted by molar-refractivity contribution is 9.25. The van der Waals surface area contributed by atoms with Crippen LogP contribution in [-0.2, 0) is 27.7 Å². The minimum absolute atomic E-state index is 0.0384. The summed E-state index contributed by atoms with van der Waals surface area (Å²) in [5, 5.41) is 0.997.